The fraction of sp³-hybridized carbons (Fsp3) is 0.682. The van der Waals surface area contributed by atoms with Crippen LogP contribution in [0.1, 0.15) is 43.7 Å². The first-order chi connectivity index (χ1) is 13.7. The highest BCUT2D eigenvalue weighted by Crippen LogP contribution is 2.26. The number of ether oxygens (including phenoxy) is 2. The molecule has 2 fully saturated rings. The molecule has 1 saturated carbocycles. The highest BCUT2D eigenvalue weighted by molar-refractivity contribution is 14.0. The van der Waals surface area contributed by atoms with Crippen molar-refractivity contribution in [3.8, 4) is 5.75 Å². The Kier molecular flexibility index (Phi) is 10.5. The van der Waals surface area contributed by atoms with Crippen LogP contribution >= 0.6 is 24.0 Å². The minimum Gasteiger partial charge on any atom is -0.491 e. The number of nitrogens with zero attached hydrogens (tertiary/aromatic N) is 2. The van der Waals surface area contributed by atoms with Crippen LogP contribution < -0.4 is 15.4 Å². The van der Waals surface area contributed by atoms with Crippen LogP contribution in [0.4, 0.5) is 0 Å². The zero-order valence-corrected chi connectivity index (χ0v) is 20.4. The Bertz CT molecular complexity index is 646. The Morgan fingerprint density at radius 1 is 1.28 bits per heavy atom. The molecule has 6 nitrogen and oxygen atoms in total. The summed E-state index contributed by atoms with van der Waals surface area (Å²) in [7, 11) is 1.82. The monoisotopic (exact) mass is 516 g/mol. The van der Waals surface area contributed by atoms with Crippen molar-refractivity contribution in [2.75, 3.05) is 39.9 Å². The van der Waals surface area contributed by atoms with E-state index in [1.807, 2.05) is 7.05 Å². The normalized spacial score (nSPS) is 19.2. The Labute approximate surface area is 192 Å². The number of likely N-dealkylation sites (N-methyl/N-ethyl adjacent to an activating group) is 1. The van der Waals surface area contributed by atoms with Crippen LogP contribution in [0, 0.1) is 6.92 Å². The Hall–Kier alpha value is -1.06. The minimum atomic E-state index is 0. The van der Waals surface area contributed by atoms with Crippen LogP contribution in [0.15, 0.2) is 23.2 Å². The van der Waals surface area contributed by atoms with Gasteiger partial charge in [-0.05, 0) is 50.8 Å². The van der Waals surface area contributed by atoms with Gasteiger partial charge in [-0.25, -0.2) is 0 Å². The van der Waals surface area contributed by atoms with Gasteiger partial charge in [0.05, 0.1) is 6.10 Å². The van der Waals surface area contributed by atoms with E-state index >= 15 is 0 Å². The van der Waals surface area contributed by atoms with E-state index in [1.54, 1.807) is 0 Å². The highest BCUT2D eigenvalue weighted by Gasteiger charge is 2.27. The van der Waals surface area contributed by atoms with Crippen molar-refractivity contribution in [1.82, 2.24) is 15.5 Å². The molecule has 1 aliphatic carbocycles. The van der Waals surface area contributed by atoms with E-state index in [2.05, 4.69) is 52.6 Å². The van der Waals surface area contributed by atoms with E-state index in [9.17, 15) is 0 Å². The second-order valence-electron chi connectivity index (χ2n) is 7.77. The van der Waals surface area contributed by atoms with Crippen molar-refractivity contribution in [2.24, 2.45) is 4.99 Å². The molecule has 3 rings (SSSR count). The molecule has 2 N–H and O–H groups in total. The fourth-order valence-electron chi connectivity index (χ4n) is 3.66. The molecule has 29 heavy (non-hydrogen) atoms. The van der Waals surface area contributed by atoms with Gasteiger partial charge < -0.3 is 20.1 Å². The van der Waals surface area contributed by atoms with Crippen LogP contribution in [-0.2, 0) is 11.3 Å². The van der Waals surface area contributed by atoms with E-state index in [0.717, 1.165) is 62.4 Å². The molecule has 164 valence electrons. The number of aliphatic imine (C=N–C) groups is 1. The van der Waals surface area contributed by atoms with Gasteiger partial charge in [0.25, 0.3) is 0 Å². The molecular formula is C22H37IN4O2. The number of aryl methyl sites for hydroxylation is 1. The largest absolute Gasteiger partial charge is 0.491 e. The van der Waals surface area contributed by atoms with Crippen LogP contribution in [0.2, 0.25) is 0 Å². The summed E-state index contributed by atoms with van der Waals surface area (Å²) in [4.78, 5) is 6.90. The summed E-state index contributed by atoms with van der Waals surface area (Å²) in [5.41, 5.74) is 2.34. The van der Waals surface area contributed by atoms with Crippen molar-refractivity contribution >= 4 is 29.9 Å². The molecule has 2 aliphatic rings. The number of hydrogen-bond donors (Lipinski definition) is 2. The number of rotatable bonds is 10. The molecule has 1 aromatic rings. The van der Waals surface area contributed by atoms with Gasteiger partial charge in [0.2, 0.25) is 0 Å². The van der Waals surface area contributed by atoms with E-state index in [-0.39, 0.29) is 30.1 Å². The zero-order chi connectivity index (χ0) is 19.8. The van der Waals surface area contributed by atoms with E-state index < -0.39 is 0 Å². The number of benzene rings is 1. The van der Waals surface area contributed by atoms with Crippen LogP contribution in [-0.4, -0.2) is 62.9 Å². The molecule has 0 spiro atoms. The van der Waals surface area contributed by atoms with E-state index in [0.29, 0.717) is 13.2 Å². The molecule has 0 aromatic heterocycles. The summed E-state index contributed by atoms with van der Waals surface area (Å²) in [5.74, 6) is 1.77. The van der Waals surface area contributed by atoms with E-state index in [4.69, 9.17) is 9.47 Å². The molecule has 1 unspecified atom stereocenters. The predicted molar refractivity (Wildman–Crippen MR) is 130 cm³/mol. The summed E-state index contributed by atoms with van der Waals surface area (Å²) in [6, 6.07) is 7.17. The van der Waals surface area contributed by atoms with Gasteiger partial charge in [0, 0.05) is 44.9 Å². The lowest BCUT2D eigenvalue weighted by Crippen LogP contribution is -2.41. The summed E-state index contributed by atoms with van der Waals surface area (Å²) in [6.45, 7) is 9.57. The number of hydrogen-bond acceptors (Lipinski definition) is 4. The third-order valence-electron chi connectivity index (χ3n) is 5.50. The topological polar surface area (TPSA) is 58.1 Å². The van der Waals surface area contributed by atoms with Gasteiger partial charge in [0.1, 0.15) is 12.4 Å². The molecule has 1 heterocycles. The average Bonchev–Trinajstić information content (AvgIpc) is 3.41. The smallest absolute Gasteiger partial charge is 0.191 e. The average molecular weight is 516 g/mol. The minimum absolute atomic E-state index is 0. The van der Waals surface area contributed by atoms with Gasteiger partial charge in [-0.2, -0.15) is 0 Å². The van der Waals surface area contributed by atoms with Gasteiger partial charge in [0.15, 0.2) is 5.96 Å². The number of nitrogens with one attached hydrogen (secondary N) is 2. The lowest BCUT2D eigenvalue weighted by Gasteiger charge is -2.21. The molecule has 7 heteroatoms. The van der Waals surface area contributed by atoms with Gasteiger partial charge in [-0.15, -0.1) is 24.0 Å². The molecule has 0 amide bonds. The molecular weight excluding hydrogens is 479 g/mol. The second-order valence-corrected chi connectivity index (χ2v) is 7.77. The molecule has 0 bridgehead atoms. The summed E-state index contributed by atoms with van der Waals surface area (Å²) < 4.78 is 11.8. The maximum absolute atomic E-state index is 6.10. The first kappa shape index (κ1) is 24.2. The maximum atomic E-state index is 6.10. The summed E-state index contributed by atoms with van der Waals surface area (Å²) in [5, 5.41) is 6.85. The Morgan fingerprint density at radius 3 is 2.76 bits per heavy atom. The lowest BCUT2D eigenvalue weighted by molar-refractivity contribution is 0.0676. The zero-order valence-electron chi connectivity index (χ0n) is 18.1. The Morgan fingerprint density at radius 2 is 2.10 bits per heavy atom. The third kappa shape index (κ3) is 7.94. The number of halogens is 1. The quantitative estimate of drug-likeness (QED) is 0.284. The SMILES string of the molecule is CCN(CCNC(=NC)NCc1ccc(C)cc1OCC1CCCO1)C1CC1.I. The van der Waals surface area contributed by atoms with Crippen molar-refractivity contribution in [3.05, 3.63) is 29.3 Å². The molecule has 0 radical (unpaired) electrons. The van der Waals surface area contributed by atoms with Crippen molar-refractivity contribution in [3.63, 3.8) is 0 Å². The first-order valence-corrected chi connectivity index (χ1v) is 10.7. The maximum Gasteiger partial charge on any atom is 0.191 e. The van der Waals surface area contributed by atoms with Crippen LogP contribution in [0.5, 0.6) is 5.75 Å². The van der Waals surface area contributed by atoms with Crippen molar-refractivity contribution in [1.29, 1.82) is 0 Å². The standard InChI is InChI=1S/C22H36N4O2.HI/c1-4-26(19-9-10-19)12-11-24-22(23-3)25-15-18-8-7-17(2)14-21(18)28-16-20-6-5-13-27-20;/h7-8,14,19-20H,4-6,9-13,15-16H2,1-3H3,(H2,23,24,25);1H. The summed E-state index contributed by atoms with van der Waals surface area (Å²) >= 11 is 0. The molecule has 1 aliphatic heterocycles. The molecule has 1 atom stereocenters. The van der Waals surface area contributed by atoms with Crippen molar-refractivity contribution < 1.29 is 9.47 Å². The number of guanidine groups is 1. The van der Waals surface area contributed by atoms with Crippen LogP contribution in [0.3, 0.4) is 0 Å². The van der Waals surface area contributed by atoms with Gasteiger partial charge in [-0.3, -0.25) is 9.89 Å². The third-order valence-corrected chi connectivity index (χ3v) is 5.50. The Balaban J connectivity index is 0.00000300. The van der Waals surface area contributed by atoms with E-state index in [1.165, 1.54) is 18.4 Å². The fourth-order valence-corrected chi connectivity index (χ4v) is 3.66. The van der Waals surface area contributed by atoms with Gasteiger partial charge in [-0.1, -0.05) is 19.1 Å². The molecule has 1 saturated heterocycles. The highest BCUT2D eigenvalue weighted by atomic mass is 127. The predicted octanol–water partition coefficient (Wildman–Crippen LogP) is 3.32. The van der Waals surface area contributed by atoms with Crippen molar-refractivity contribution in [2.45, 2.75) is 58.2 Å². The lowest BCUT2D eigenvalue weighted by atomic mass is 10.1. The van der Waals surface area contributed by atoms with Crippen LogP contribution in [0.25, 0.3) is 0 Å². The second kappa shape index (κ2) is 12.6. The first-order valence-electron chi connectivity index (χ1n) is 10.7. The molecule has 1 aromatic carbocycles. The van der Waals surface area contributed by atoms with Gasteiger partial charge >= 0.3 is 0 Å². The summed E-state index contributed by atoms with van der Waals surface area (Å²) in [6.07, 6.45) is 5.15.